The molecule has 17 nitrogen and oxygen atoms in total. The minimum Gasteiger partial charge on any atom is -0.494 e. The Bertz CT molecular complexity index is 3170. The number of carbonyl (C=O) groups is 4. The number of hydrogen-bond donors (Lipinski definition) is 3. The number of piperazine rings is 1. The number of ether oxygens (including phenoxy) is 1. The standard InChI is InChI=1S/C51H54BrFN11O6P/c1-60-29-32(27-55-60)34-24-40(57-51-54-28-37(52)47(59-51)56-39-10-9-31-7-5-6-8-33(31)46(39)71(3,4)69)44(70-2)26-42(34)63-21-19-61(20-22-63)16-13-30-14-17-62(18-15-30)43-25-36-35(23-38(43)53)49(67)64(50(36)68)41-11-12-45(65)58-48(41)66/h5-10,23-30,41H,11-22H2,1-4H3,(H,58,65,66)(H2,54,56,57,59). The molecule has 4 aliphatic heterocycles. The van der Waals surface area contributed by atoms with Gasteiger partial charge in [-0.1, -0.05) is 30.3 Å². The molecular formula is C51H54BrFN11O6P. The lowest BCUT2D eigenvalue weighted by Crippen LogP contribution is -2.54. The number of piperidine rings is 2. The van der Waals surface area contributed by atoms with Crippen molar-refractivity contribution in [2.75, 3.05) is 86.7 Å². The van der Waals surface area contributed by atoms with Crippen LogP contribution < -0.4 is 35.8 Å². The van der Waals surface area contributed by atoms with Gasteiger partial charge in [-0.05, 0) is 102 Å². The van der Waals surface area contributed by atoms with Crippen LogP contribution in [0.25, 0.3) is 21.9 Å². The highest BCUT2D eigenvalue weighted by atomic mass is 79.9. The normalized spacial score (nSPS) is 18.1. The van der Waals surface area contributed by atoms with E-state index in [1.54, 1.807) is 31.3 Å². The number of rotatable bonds is 13. The summed E-state index contributed by atoms with van der Waals surface area (Å²) in [6.45, 7) is 9.02. The quantitative estimate of drug-likeness (QED) is 0.0762. The van der Waals surface area contributed by atoms with E-state index in [9.17, 15) is 23.7 Å². The largest absolute Gasteiger partial charge is 0.494 e. The van der Waals surface area contributed by atoms with Gasteiger partial charge < -0.3 is 29.7 Å². The summed E-state index contributed by atoms with van der Waals surface area (Å²) in [7, 11) is 0.817. The van der Waals surface area contributed by atoms with Gasteiger partial charge in [-0.15, -0.1) is 0 Å². The van der Waals surface area contributed by atoms with E-state index in [1.807, 2.05) is 60.7 Å². The summed E-state index contributed by atoms with van der Waals surface area (Å²) < 4.78 is 37.7. The van der Waals surface area contributed by atoms with Gasteiger partial charge in [0.15, 0.2) is 0 Å². The van der Waals surface area contributed by atoms with E-state index in [0.29, 0.717) is 52.4 Å². The topological polar surface area (TPSA) is 187 Å². The maximum atomic E-state index is 15.6. The zero-order valence-electron chi connectivity index (χ0n) is 39.9. The van der Waals surface area contributed by atoms with Crippen molar-refractivity contribution in [3.05, 3.63) is 101 Å². The summed E-state index contributed by atoms with van der Waals surface area (Å²) in [4.78, 5) is 68.0. The summed E-state index contributed by atoms with van der Waals surface area (Å²) in [5.41, 5.74) is 4.61. The van der Waals surface area contributed by atoms with Gasteiger partial charge in [-0.2, -0.15) is 10.1 Å². The molecule has 0 spiro atoms. The molecule has 10 rings (SSSR count). The number of aromatic nitrogens is 4. The molecule has 20 heteroatoms. The van der Waals surface area contributed by atoms with Crippen LogP contribution >= 0.6 is 23.1 Å². The summed E-state index contributed by atoms with van der Waals surface area (Å²) in [6, 6.07) is 17.4. The monoisotopic (exact) mass is 1050 g/mol. The van der Waals surface area contributed by atoms with Gasteiger partial charge in [0.25, 0.3) is 11.8 Å². The minimum atomic E-state index is -2.72. The molecule has 368 valence electrons. The highest BCUT2D eigenvalue weighted by Crippen LogP contribution is 2.44. The average Bonchev–Trinajstić information content (AvgIpc) is 3.89. The van der Waals surface area contributed by atoms with Gasteiger partial charge in [0.05, 0.1) is 46.0 Å². The molecule has 0 radical (unpaired) electrons. The SMILES string of the molecule is COc1cc(N2CCN(CCC3CCN(c4cc5c(cc4F)C(=O)N(C4CCC(=O)NC4=O)C5=O)CC3)CC2)c(-c2cnn(C)c2)cc1Nc1ncc(Br)c(Nc2ccc3ccccc3c2P(C)(C)=O)n1. The Morgan fingerprint density at radius 3 is 2.28 bits per heavy atom. The van der Waals surface area contributed by atoms with Crippen molar-refractivity contribution >= 4 is 97.3 Å². The van der Waals surface area contributed by atoms with Crippen LogP contribution in [-0.4, -0.2) is 125 Å². The van der Waals surface area contributed by atoms with E-state index in [0.717, 1.165) is 95.8 Å². The zero-order valence-corrected chi connectivity index (χ0v) is 42.4. The number of carbonyl (C=O) groups excluding carboxylic acids is 4. The maximum Gasteiger partial charge on any atom is 0.262 e. The van der Waals surface area contributed by atoms with Crippen LogP contribution in [0.3, 0.4) is 0 Å². The van der Waals surface area contributed by atoms with E-state index in [2.05, 4.69) is 63.9 Å². The Morgan fingerprint density at radius 2 is 1.58 bits per heavy atom. The van der Waals surface area contributed by atoms with Crippen LogP contribution in [0.5, 0.6) is 5.75 Å². The van der Waals surface area contributed by atoms with Crippen molar-refractivity contribution in [3.63, 3.8) is 0 Å². The van der Waals surface area contributed by atoms with Gasteiger partial charge in [-0.25, -0.2) is 9.37 Å². The van der Waals surface area contributed by atoms with Crippen molar-refractivity contribution in [1.82, 2.24) is 34.9 Å². The second kappa shape index (κ2) is 19.5. The molecule has 3 N–H and O–H groups in total. The number of methoxy groups -OCH3 is 1. The summed E-state index contributed by atoms with van der Waals surface area (Å²) >= 11 is 3.62. The third kappa shape index (κ3) is 9.62. The fourth-order valence-corrected chi connectivity index (χ4v) is 12.1. The van der Waals surface area contributed by atoms with E-state index in [-0.39, 0.29) is 29.7 Å². The number of nitrogens with one attached hydrogen (secondary N) is 3. The first-order valence-electron chi connectivity index (χ1n) is 23.8. The number of nitrogens with zero attached hydrogens (tertiary/aromatic N) is 8. The van der Waals surface area contributed by atoms with Crippen LogP contribution in [0.2, 0.25) is 0 Å². The number of amides is 4. The Morgan fingerprint density at radius 1 is 0.845 bits per heavy atom. The summed E-state index contributed by atoms with van der Waals surface area (Å²) in [5.74, 6) is -1.20. The van der Waals surface area contributed by atoms with Gasteiger partial charge in [0.2, 0.25) is 17.8 Å². The highest BCUT2D eigenvalue weighted by Gasteiger charge is 2.45. The number of fused-ring (bicyclic) bond motifs is 2. The number of anilines is 6. The van der Waals surface area contributed by atoms with Gasteiger partial charge in [0, 0.05) is 93.3 Å². The van der Waals surface area contributed by atoms with Crippen LogP contribution in [0.15, 0.2) is 83.7 Å². The van der Waals surface area contributed by atoms with Gasteiger partial charge >= 0.3 is 0 Å². The Labute approximate surface area is 418 Å². The number of halogens is 2. The third-order valence-electron chi connectivity index (χ3n) is 14.0. The van der Waals surface area contributed by atoms with Gasteiger partial charge in [-0.3, -0.25) is 39.0 Å². The average molecular weight is 1050 g/mol. The van der Waals surface area contributed by atoms with Crippen molar-refractivity contribution in [1.29, 1.82) is 0 Å². The van der Waals surface area contributed by atoms with Gasteiger partial charge in [0.1, 0.15) is 30.6 Å². The first kappa shape index (κ1) is 48.0. The molecule has 1 atom stereocenters. The van der Waals surface area contributed by atoms with E-state index < -0.39 is 42.6 Å². The second-order valence-corrected chi connectivity index (χ2v) is 23.0. The predicted molar refractivity (Wildman–Crippen MR) is 276 cm³/mol. The number of aryl methyl sites for hydroxylation is 1. The van der Waals surface area contributed by atoms with Crippen molar-refractivity contribution in [2.24, 2.45) is 13.0 Å². The number of hydrogen-bond acceptors (Lipinski definition) is 14. The molecular weight excluding hydrogens is 993 g/mol. The molecule has 0 aliphatic carbocycles. The van der Waals surface area contributed by atoms with Crippen molar-refractivity contribution in [3.8, 4) is 16.9 Å². The molecule has 4 aromatic carbocycles. The highest BCUT2D eigenvalue weighted by molar-refractivity contribution is 9.10. The second-order valence-electron chi connectivity index (χ2n) is 19.0. The molecule has 0 saturated carbocycles. The molecule has 3 saturated heterocycles. The summed E-state index contributed by atoms with van der Waals surface area (Å²) in [5, 5.41) is 16.2. The number of imide groups is 2. The summed E-state index contributed by atoms with van der Waals surface area (Å²) in [6.07, 6.45) is 8.29. The zero-order chi connectivity index (χ0) is 49.7. The Hall–Kier alpha value is -6.69. The lowest BCUT2D eigenvalue weighted by Gasteiger charge is -2.39. The molecule has 71 heavy (non-hydrogen) atoms. The number of benzene rings is 4. The minimum absolute atomic E-state index is 0.0130. The Balaban J connectivity index is 0.784. The maximum absolute atomic E-state index is 15.6. The van der Waals surface area contributed by atoms with E-state index >= 15 is 4.39 Å². The first-order chi connectivity index (χ1) is 34.1. The Kier molecular flexibility index (Phi) is 13.2. The molecule has 3 fully saturated rings. The molecule has 6 aromatic rings. The predicted octanol–water partition coefficient (Wildman–Crippen LogP) is 7.51. The molecule has 4 amide bonds. The van der Waals surface area contributed by atoms with Crippen LogP contribution in [-0.2, 0) is 21.2 Å². The molecule has 0 bridgehead atoms. The first-order valence-corrected chi connectivity index (χ1v) is 27.1. The lowest BCUT2D eigenvalue weighted by atomic mass is 9.92. The van der Waals surface area contributed by atoms with Crippen molar-refractivity contribution in [2.45, 2.75) is 38.1 Å². The van der Waals surface area contributed by atoms with Crippen molar-refractivity contribution < 1.29 is 32.9 Å². The van der Waals surface area contributed by atoms with Crippen LogP contribution in [0, 0.1) is 11.7 Å². The molecule has 4 aliphatic rings. The fraction of sp³-hybridized carbons (Fsp3) is 0.353. The van der Waals surface area contributed by atoms with E-state index in [4.69, 9.17) is 9.72 Å². The molecule has 6 heterocycles. The molecule has 2 aromatic heterocycles. The lowest BCUT2D eigenvalue weighted by molar-refractivity contribution is -0.136. The van der Waals surface area contributed by atoms with Crippen LogP contribution in [0.4, 0.5) is 38.9 Å². The smallest absolute Gasteiger partial charge is 0.262 e. The fourth-order valence-electron chi connectivity index (χ4n) is 10.3. The van der Waals surface area contributed by atoms with E-state index in [1.165, 1.54) is 6.07 Å². The molecule has 1 unspecified atom stereocenters. The van der Waals surface area contributed by atoms with Crippen LogP contribution in [0.1, 0.15) is 52.8 Å². The third-order valence-corrected chi connectivity index (χ3v) is 16.2.